The third-order valence-corrected chi connectivity index (χ3v) is 7.52. The van der Waals surface area contributed by atoms with E-state index in [-0.39, 0.29) is 11.2 Å². The molecule has 0 spiro atoms. The quantitative estimate of drug-likeness (QED) is 0.211. The summed E-state index contributed by atoms with van der Waals surface area (Å²) in [5, 5.41) is 3.18. The van der Waals surface area contributed by atoms with Gasteiger partial charge < -0.3 is 5.32 Å². The van der Waals surface area contributed by atoms with Crippen LogP contribution < -0.4 is 5.32 Å². The molecule has 2 aromatic rings. The monoisotopic (exact) mass is 476 g/mol. The second kappa shape index (κ2) is 15.7. The number of nitrogens with one attached hydrogen (secondary N) is 1. The Labute approximate surface area is 201 Å². The third kappa shape index (κ3) is 9.50. The number of aromatic nitrogens is 1. The summed E-state index contributed by atoms with van der Waals surface area (Å²) in [5.74, 6) is 1.76. The van der Waals surface area contributed by atoms with Gasteiger partial charge in [-0.2, -0.15) is 23.5 Å². The number of nitrogens with zero attached hydrogens (tertiary/aromatic N) is 1. The van der Waals surface area contributed by atoms with E-state index in [0.29, 0.717) is 0 Å². The van der Waals surface area contributed by atoms with Crippen LogP contribution in [-0.2, 0) is 16.3 Å². The van der Waals surface area contributed by atoms with E-state index in [1.54, 1.807) is 35.3 Å². The molecule has 1 N–H and O–H groups in total. The summed E-state index contributed by atoms with van der Waals surface area (Å²) in [7, 11) is 0. The lowest BCUT2D eigenvalue weighted by molar-refractivity contribution is -0.115. The maximum absolute atomic E-state index is 13.4. The van der Waals surface area contributed by atoms with Crippen molar-refractivity contribution in [1.82, 2.24) is 4.98 Å². The Bertz CT molecular complexity index is 746. The fraction of sp³-hybridized carbons (Fsp3) is 0.520. The summed E-state index contributed by atoms with van der Waals surface area (Å²) in [5.41, 5.74) is 3.04. The molecule has 0 fully saturated rings. The fourth-order valence-corrected chi connectivity index (χ4v) is 5.58. The predicted octanol–water partition coefficient (Wildman–Crippen LogP) is 7.66. The van der Waals surface area contributed by atoms with E-state index in [2.05, 4.69) is 41.9 Å². The van der Waals surface area contributed by atoms with Crippen molar-refractivity contribution in [3.8, 4) is 0 Å². The average Bonchev–Trinajstić information content (AvgIpc) is 2.78. The van der Waals surface area contributed by atoms with Crippen molar-refractivity contribution in [2.45, 2.75) is 73.5 Å². The van der Waals surface area contributed by atoms with E-state index in [9.17, 15) is 4.79 Å². The Hall–Kier alpha value is -1.11. The van der Waals surface area contributed by atoms with Crippen LogP contribution in [0.15, 0.2) is 47.5 Å². The topological polar surface area (TPSA) is 42.0 Å². The van der Waals surface area contributed by atoms with Gasteiger partial charge in [0.05, 0.1) is 16.6 Å². The number of hydrogen-bond donors (Lipinski definition) is 1. The first-order valence-electron chi connectivity index (χ1n) is 11.2. The number of rotatable bonds is 15. The number of anilines is 1. The number of thioether (sulfide) groups is 3. The second-order valence-corrected chi connectivity index (χ2v) is 10.6. The van der Waals surface area contributed by atoms with Gasteiger partial charge in [-0.25, -0.2) is 0 Å². The minimum Gasteiger partial charge on any atom is -0.323 e. The number of benzene rings is 1. The number of carbonyl (C=O) groups excluding carboxylic acids is 1. The highest BCUT2D eigenvalue weighted by Crippen LogP contribution is 2.30. The van der Waals surface area contributed by atoms with Gasteiger partial charge in [0.1, 0.15) is 0 Å². The summed E-state index contributed by atoms with van der Waals surface area (Å²) >= 11 is 5.18. The molecule has 1 heterocycles. The van der Waals surface area contributed by atoms with Gasteiger partial charge in [0, 0.05) is 22.6 Å². The number of carbonyl (C=O) groups is 1. The summed E-state index contributed by atoms with van der Waals surface area (Å²) in [6, 6.07) is 12.3. The van der Waals surface area contributed by atoms with E-state index in [1.165, 1.54) is 32.1 Å². The van der Waals surface area contributed by atoms with E-state index in [0.717, 1.165) is 46.2 Å². The van der Waals surface area contributed by atoms with Crippen LogP contribution in [0.25, 0.3) is 0 Å². The van der Waals surface area contributed by atoms with Crippen LogP contribution in [0.4, 0.5) is 5.69 Å². The molecule has 0 aliphatic carbocycles. The minimum absolute atomic E-state index is 0.0973. The molecule has 170 valence electrons. The van der Waals surface area contributed by atoms with Crippen molar-refractivity contribution in [1.29, 1.82) is 0 Å². The maximum atomic E-state index is 13.4. The van der Waals surface area contributed by atoms with Crippen LogP contribution in [-0.4, -0.2) is 28.7 Å². The van der Waals surface area contributed by atoms with Gasteiger partial charge in [0.2, 0.25) is 5.91 Å². The molecule has 6 heteroatoms. The van der Waals surface area contributed by atoms with Gasteiger partial charge in [-0.3, -0.25) is 9.78 Å². The maximum Gasteiger partial charge on any atom is 0.237 e. The number of amides is 1. The molecule has 0 radical (unpaired) electrons. The van der Waals surface area contributed by atoms with Gasteiger partial charge >= 0.3 is 0 Å². The van der Waals surface area contributed by atoms with Crippen LogP contribution in [0.1, 0.15) is 63.1 Å². The first-order chi connectivity index (χ1) is 15.2. The summed E-state index contributed by atoms with van der Waals surface area (Å²) < 4.78 is 0. The Balaban J connectivity index is 2.12. The zero-order chi connectivity index (χ0) is 22.3. The molecule has 0 bridgehead atoms. The van der Waals surface area contributed by atoms with E-state index < -0.39 is 0 Å². The van der Waals surface area contributed by atoms with E-state index in [4.69, 9.17) is 0 Å². The zero-order valence-electron chi connectivity index (χ0n) is 19.1. The van der Waals surface area contributed by atoms with Crippen LogP contribution in [0.5, 0.6) is 0 Å². The molecule has 0 saturated heterocycles. The first-order valence-corrected chi connectivity index (χ1v) is 14.8. The highest BCUT2D eigenvalue weighted by Gasteiger charge is 2.22. The van der Waals surface area contributed by atoms with E-state index in [1.807, 2.05) is 30.5 Å². The van der Waals surface area contributed by atoms with Crippen LogP contribution in [0.2, 0.25) is 0 Å². The van der Waals surface area contributed by atoms with Crippen LogP contribution >= 0.6 is 35.3 Å². The molecule has 31 heavy (non-hydrogen) atoms. The second-order valence-electron chi connectivity index (χ2n) is 7.62. The summed E-state index contributed by atoms with van der Waals surface area (Å²) in [6.45, 7) is 2.24. The SMILES string of the molecule is CCCCCCCC[C@H](Sc1ccccc1)C(=O)Nc1c(CSC)ccnc1CSC. The summed E-state index contributed by atoms with van der Waals surface area (Å²) in [4.78, 5) is 19.1. The van der Waals surface area contributed by atoms with Crippen LogP contribution in [0.3, 0.4) is 0 Å². The Kier molecular flexibility index (Phi) is 13.2. The molecular weight excluding hydrogens is 440 g/mol. The smallest absolute Gasteiger partial charge is 0.237 e. The number of unbranched alkanes of at least 4 members (excludes halogenated alkanes) is 5. The van der Waals surface area contributed by atoms with Gasteiger partial charge in [0.15, 0.2) is 0 Å². The van der Waals surface area contributed by atoms with Gasteiger partial charge in [-0.1, -0.05) is 63.6 Å². The highest BCUT2D eigenvalue weighted by molar-refractivity contribution is 8.00. The van der Waals surface area contributed by atoms with Crippen molar-refractivity contribution in [3.05, 3.63) is 53.9 Å². The fourth-order valence-electron chi connectivity index (χ4n) is 3.45. The van der Waals surface area contributed by atoms with Gasteiger partial charge in [-0.05, 0) is 42.7 Å². The van der Waals surface area contributed by atoms with Crippen molar-refractivity contribution < 1.29 is 4.79 Å². The molecule has 1 amide bonds. The number of hydrogen-bond acceptors (Lipinski definition) is 5. The van der Waals surface area contributed by atoms with Crippen molar-refractivity contribution in [3.63, 3.8) is 0 Å². The minimum atomic E-state index is -0.0990. The molecule has 1 aromatic carbocycles. The molecule has 1 aromatic heterocycles. The molecule has 0 saturated carbocycles. The summed E-state index contributed by atoms with van der Waals surface area (Å²) in [6.07, 6.45) is 14.3. The number of pyridine rings is 1. The van der Waals surface area contributed by atoms with Crippen molar-refractivity contribution in [2.75, 3.05) is 17.8 Å². The molecule has 2 rings (SSSR count). The lowest BCUT2D eigenvalue weighted by Gasteiger charge is -2.20. The zero-order valence-corrected chi connectivity index (χ0v) is 21.5. The Morgan fingerprint density at radius 3 is 2.39 bits per heavy atom. The van der Waals surface area contributed by atoms with E-state index >= 15 is 0 Å². The lowest BCUT2D eigenvalue weighted by Crippen LogP contribution is -2.26. The molecule has 0 aliphatic rings. The standard InChI is InChI=1S/C25H36N2OS3/c1-4-5-6-7-8-12-15-23(31-21-13-10-9-11-14-21)25(28)27-24-20(18-29-2)16-17-26-22(24)19-30-3/h9-11,13-14,16-17,23H,4-8,12,15,18-19H2,1-3H3,(H,27,28)/t23-/m0/s1. The first kappa shape index (κ1) is 26.1. The normalized spacial score (nSPS) is 12.0. The van der Waals surface area contributed by atoms with Crippen molar-refractivity contribution in [2.24, 2.45) is 0 Å². The van der Waals surface area contributed by atoms with Gasteiger partial charge in [-0.15, -0.1) is 11.8 Å². The Morgan fingerprint density at radius 1 is 0.968 bits per heavy atom. The molecule has 0 aliphatic heterocycles. The Morgan fingerprint density at radius 2 is 1.68 bits per heavy atom. The largest absolute Gasteiger partial charge is 0.323 e. The van der Waals surface area contributed by atoms with Crippen molar-refractivity contribution >= 4 is 46.9 Å². The molecule has 0 unspecified atom stereocenters. The van der Waals surface area contributed by atoms with Gasteiger partial charge in [0.25, 0.3) is 0 Å². The molecule has 3 nitrogen and oxygen atoms in total. The molecular formula is C25H36N2OS3. The average molecular weight is 477 g/mol. The predicted molar refractivity (Wildman–Crippen MR) is 141 cm³/mol. The third-order valence-electron chi connectivity index (χ3n) is 5.08. The highest BCUT2D eigenvalue weighted by atomic mass is 32.2. The molecule has 1 atom stereocenters. The van der Waals surface area contributed by atoms with Crippen LogP contribution in [0, 0.1) is 0 Å². The lowest BCUT2D eigenvalue weighted by atomic mass is 10.1.